The van der Waals surface area contributed by atoms with Crippen LogP contribution in [0, 0.1) is 0 Å². The summed E-state index contributed by atoms with van der Waals surface area (Å²) in [4.78, 5) is 28.4. The lowest BCUT2D eigenvalue weighted by Crippen LogP contribution is -2.46. The Kier molecular flexibility index (Phi) is 4.74. The van der Waals surface area contributed by atoms with Crippen molar-refractivity contribution in [3.05, 3.63) is 48.3 Å². The largest absolute Gasteiger partial charge is 0.326 e. The van der Waals surface area contributed by atoms with E-state index in [1.54, 1.807) is 27.7 Å². The molecule has 2 unspecified atom stereocenters. The molecule has 2 heterocycles. The molecule has 132 valence electrons. The highest BCUT2D eigenvalue weighted by molar-refractivity contribution is 6.01. The first-order valence-electron chi connectivity index (χ1n) is 8.33. The summed E-state index contributed by atoms with van der Waals surface area (Å²) in [6, 6.07) is 8.83. The fraction of sp³-hybridized carbons (Fsp3) is 0.389. The molecule has 1 saturated heterocycles. The first-order valence-corrected chi connectivity index (χ1v) is 8.33. The molecule has 0 aliphatic carbocycles. The van der Waals surface area contributed by atoms with E-state index in [4.69, 9.17) is 0 Å². The zero-order valence-electron chi connectivity index (χ0n) is 14.7. The highest BCUT2D eigenvalue weighted by atomic mass is 16.2. The van der Waals surface area contributed by atoms with Crippen molar-refractivity contribution in [2.45, 2.75) is 32.0 Å². The van der Waals surface area contributed by atoms with Crippen LogP contribution >= 0.6 is 0 Å². The molecular formula is C18H23N5O2. The van der Waals surface area contributed by atoms with Crippen LogP contribution in [-0.4, -0.2) is 45.8 Å². The molecule has 0 bridgehead atoms. The number of carbonyl (C=O) groups excluding carboxylic acids is 2. The number of carbonyl (C=O) groups is 2. The van der Waals surface area contributed by atoms with Gasteiger partial charge in [-0.15, -0.1) is 0 Å². The second-order valence-corrected chi connectivity index (χ2v) is 6.51. The molecule has 1 aliphatic rings. The number of nitrogens with one attached hydrogen (secondary N) is 1. The van der Waals surface area contributed by atoms with Crippen LogP contribution in [0.5, 0.6) is 0 Å². The number of benzene rings is 1. The summed E-state index contributed by atoms with van der Waals surface area (Å²) in [7, 11) is 3.54. The SMILES string of the molecule is CC1CC(NC(=O)N(C)Cc2cnn(C)c2)C(=O)N1c1ccccc1. The number of rotatable bonds is 4. The van der Waals surface area contributed by atoms with Crippen LogP contribution < -0.4 is 10.2 Å². The highest BCUT2D eigenvalue weighted by Gasteiger charge is 2.39. The fourth-order valence-electron chi connectivity index (χ4n) is 3.18. The van der Waals surface area contributed by atoms with Crippen LogP contribution in [0.2, 0.25) is 0 Å². The Hall–Kier alpha value is -2.83. The van der Waals surface area contributed by atoms with Gasteiger partial charge in [0.15, 0.2) is 0 Å². The van der Waals surface area contributed by atoms with E-state index in [0.29, 0.717) is 13.0 Å². The zero-order chi connectivity index (χ0) is 18.0. The Morgan fingerprint density at radius 2 is 2.08 bits per heavy atom. The van der Waals surface area contributed by atoms with Gasteiger partial charge in [0, 0.05) is 37.6 Å². The first-order chi connectivity index (χ1) is 12.0. The summed E-state index contributed by atoms with van der Waals surface area (Å²) in [6.45, 7) is 2.44. The predicted molar refractivity (Wildman–Crippen MR) is 95.0 cm³/mol. The maximum atomic E-state index is 12.7. The lowest BCUT2D eigenvalue weighted by Gasteiger charge is -2.22. The minimum atomic E-state index is -0.501. The van der Waals surface area contributed by atoms with E-state index in [0.717, 1.165) is 11.3 Å². The number of aryl methyl sites for hydroxylation is 1. The molecule has 25 heavy (non-hydrogen) atoms. The van der Waals surface area contributed by atoms with Crippen molar-refractivity contribution in [2.75, 3.05) is 11.9 Å². The molecule has 3 rings (SSSR count). The molecule has 2 atom stereocenters. The highest BCUT2D eigenvalue weighted by Crippen LogP contribution is 2.26. The molecule has 1 N–H and O–H groups in total. The topological polar surface area (TPSA) is 70.5 Å². The van der Waals surface area contributed by atoms with Gasteiger partial charge in [-0.05, 0) is 25.5 Å². The van der Waals surface area contributed by atoms with Gasteiger partial charge in [-0.2, -0.15) is 5.10 Å². The fourth-order valence-corrected chi connectivity index (χ4v) is 3.18. The summed E-state index contributed by atoms with van der Waals surface area (Å²) >= 11 is 0. The summed E-state index contributed by atoms with van der Waals surface area (Å²) in [5.74, 6) is -0.0678. The molecule has 0 spiro atoms. The van der Waals surface area contributed by atoms with E-state index >= 15 is 0 Å². The van der Waals surface area contributed by atoms with Crippen molar-refractivity contribution in [3.8, 4) is 0 Å². The molecular weight excluding hydrogens is 318 g/mol. The third kappa shape index (κ3) is 3.65. The number of nitrogens with zero attached hydrogens (tertiary/aromatic N) is 4. The Bertz CT molecular complexity index is 758. The van der Waals surface area contributed by atoms with E-state index in [1.807, 2.05) is 50.5 Å². The third-order valence-electron chi connectivity index (χ3n) is 4.41. The number of anilines is 1. The van der Waals surface area contributed by atoms with Gasteiger partial charge in [-0.25, -0.2) is 4.79 Å². The number of hydrogen-bond acceptors (Lipinski definition) is 3. The van der Waals surface area contributed by atoms with Gasteiger partial charge < -0.3 is 15.1 Å². The molecule has 7 heteroatoms. The van der Waals surface area contributed by atoms with Crippen LogP contribution in [0.3, 0.4) is 0 Å². The van der Waals surface area contributed by atoms with E-state index < -0.39 is 6.04 Å². The molecule has 0 saturated carbocycles. The van der Waals surface area contributed by atoms with Crippen LogP contribution in [0.25, 0.3) is 0 Å². The van der Waals surface area contributed by atoms with Gasteiger partial charge >= 0.3 is 6.03 Å². The van der Waals surface area contributed by atoms with Gasteiger partial charge in [0.25, 0.3) is 0 Å². The van der Waals surface area contributed by atoms with Crippen LogP contribution in [0.4, 0.5) is 10.5 Å². The number of aromatic nitrogens is 2. The van der Waals surface area contributed by atoms with Crippen molar-refractivity contribution < 1.29 is 9.59 Å². The van der Waals surface area contributed by atoms with Gasteiger partial charge in [0.2, 0.25) is 5.91 Å². The lowest BCUT2D eigenvalue weighted by molar-refractivity contribution is -0.118. The number of para-hydroxylation sites is 1. The number of urea groups is 1. The smallest absolute Gasteiger partial charge is 0.318 e. The lowest BCUT2D eigenvalue weighted by atomic mass is 10.2. The standard InChI is InChI=1S/C18H23N5O2/c1-13-9-16(17(24)23(13)15-7-5-4-6-8-15)20-18(25)21(2)11-14-10-19-22(3)12-14/h4-8,10,12-13,16H,9,11H2,1-3H3,(H,20,25). The van der Waals surface area contributed by atoms with Crippen molar-refractivity contribution in [3.63, 3.8) is 0 Å². The second-order valence-electron chi connectivity index (χ2n) is 6.51. The quantitative estimate of drug-likeness (QED) is 0.921. The third-order valence-corrected chi connectivity index (χ3v) is 4.41. The molecule has 1 aromatic heterocycles. The van der Waals surface area contributed by atoms with Crippen LogP contribution in [0.1, 0.15) is 18.9 Å². The average Bonchev–Trinajstić information content (AvgIpc) is 3.11. The molecule has 1 fully saturated rings. The van der Waals surface area contributed by atoms with Crippen LogP contribution in [-0.2, 0) is 18.4 Å². The van der Waals surface area contributed by atoms with Gasteiger partial charge in [-0.3, -0.25) is 9.48 Å². The Morgan fingerprint density at radius 3 is 2.72 bits per heavy atom. The van der Waals surface area contributed by atoms with E-state index in [1.165, 1.54) is 0 Å². The van der Waals surface area contributed by atoms with E-state index in [2.05, 4.69) is 10.4 Å². The molecule has 2 aromatic rings. The van der Waals surface area contributed by atoms with Gasteiger partial charge in [-0.1, -0.05) is 18.2 Å². The predicted octanol–water partition coefficient (Wildman–Crippen LogP) is 1.76. The number of hydrogen-bond donors (Lipinski definition) is 1. The minimum Gasteiger partial charge on any atom is -0.326 e. The summed E-state index contributed by atoms with van der Waals surface area (Å²) in [5, 5.41) is 6.95. The number of amides is 3. The monoisotopic (exact) mass is 341 g/mol. The van der Waals surface area contributed by atoms with Gasteiger partial charge in [0.1, 0.15) is 6.04 Å². The molecule has 3 amide bonds. The van der Waals surface area contributed by atoms with Crippen molar-refractivity contribution in [2.24, 2.45) is 7.05 Å². The Labute approximate surface area is 147 Å². The molecule has 1 aliphatic heterocycles. The Balaban J connectivity index is 1.62. The first kappa shape index (κ1) is 17.0. The summed E-state index contributed by atoms with van der Waals surface area (Å²) in [5.41, 5.74) is 1.80. The summed E-state index contributed by atoms with van der Waals surface area (Å²) < 4.78 is 1.70. The minimum absolute atomic E-state index is 0.0452. The normalized spacial score (nSPS) is 20.0. The van der Waals surface area contributed by atoms with E-state index in [-0.39, 0.29) is 18.0 Å². The average molecular weight is 341 g/mol. The van der Waals surface area contributed by atoms with Crippen LogP contribution in [0.15, 0.2) is 42.7 Å². The molecule has 0 radical (unpaired) electrons. The van der Waals surface area contributed by atoms with Gasteiger partial charge in [0.05, 0.1) is 12.7 Å². The Morgan fingerprint density at radius 1 is 1.36 bits per heavy atom. The molecule has 7 nitrogen and oxygen atoms in total. The summed E-state index contributed by atoms with van der Waals surface area (Å²) in [6.07, 6.45) is 4.19. The van der Waals surface area contributed by atoms with Crippen molar-refractivity contribution >= 4 is 17.6 Å². The van der Waals surface area contributed by atoms with E-state index in [9.17, 15) is 9.59 Å². The molecule has 1 aromatic carbocycles. The zero-order valence-corrected chi connectivity index (χ0v) is 14.7. The maximum absolute atomic E-state index is 12.7. The maximum Gasteiger partial charge on any atom is 0.318 e. The second kappa shape index (κ2) is 6.96. The van der Waals surface area contributed by atoms with Crippen molar-refractivity contribution in [1.29, 1.82) is 0 Å². The van der Waals surface area contributed by atoms with Crippen molar-refractivity contribution in [1.82, 2.24) is 20.0 Å².